The van der Waals surface area contributed by atoms with Crippen molar-refractivity contribution >= 4 is 29.9 Å². The number of rotatable bonds is 7. The molecule has 0 aromatic heterocycles. The Morgan fingerprint density at radius 2 is 1.90 bits per heavy atom. The topological polar surface area (TPSA) is 88.7 Å². The fraction of sp³-hybridized carbons (Fsp3) is 0.364. The number of carbonyl (C=O) groups excluding carboxylic acids is 2. The van der Waals surface area contributed by atoms with Crippen LogP contribution in [-0.2, 0) is 4.79 Å². The molecule has 1 heterocycles. The number of ether oxygens (including phenoxy) is 2. The third-order valence-electron chi connectivity index (χ3n) is 4.98. The van der Waals surface area contributed by atoms with Gasteiger partial charge in [0.1, 0.15) is 11.5 Å². The van der Waals surface area contributed by atoms with E-state index in [0.29, 0.717) is 28.7 Å². The minimum absolute atomic E-state index is 0. The second kappa shape index (κ2) is 11.4. The molecule has 2 atom stereocenters. The normalized spacial score (nSPS) is 17.9. The number of halogens is 1. The van der Waals surface area contributed by atoms with E-state index in [1.807, 2.05) is 0 Å². The number of anilines is 1. The molecule has 0 aliphatic carbocycles. The third-order valence-corrected chi connectivity index (χ3v) is 4.98. The molecule has 3 N–H and O–H groups in total. The lowest BCUT2D eigenvalue weighted by Crippen LogP contribution is -2.50. The Morgan fingerprint density at radius 3 is 2.60 bits per heavy atom. The number of hydrogen-bond donors (Lipinski definition) is 3. The van der Waals surface area contributed by atoms with Gasteiger partial charge in [0.05, 0.1) is 7.11 Å². The van der Waals surface area contributed by atoms with Crippen LogP contribution in [0.15, 0.2) is 48.5 Å². The van der Waals surface area contributed by atoms with Gasteiger partial charge in [-0.05, 0) is 55.3 Å². The molecule has 2 aromatic rings. The Labute approximate surface area is 182 Å². The average Bonchev–Trinajstić information content (AvgIpc) is 2.74. The molecule has 1 aliphatic heterocycles. The first-order chi connectivity index (χ1) is 14.0. The van der Waals surface area contributed by atoms with Crippen LogP contribution in [0.5, 0.6) is 11.5 Å². The van der Waals surface area contributed by atoms with Gasteiger partial charge in [0.2, 0.25) is 0 Å². The molecular weight excluding hydrogens is 406 g/mol. The van der Waals surface area contributed by atoms with Crippen molar-refractivity contribution in [3.8, 4) is 11.5 Å². The Morgan fingerprint density at radius 1 is 1.13 bits per heavy atom. The molecule has 0 spiro atoms. The minimum Gasteiger partial charge on any atom is -0.497 e. The highest BCUT2D eigenvalue weighted by Crippen LogP contribution is 2.17. The number of piperidine rings is 1. The van der Waals surface area contributed by atoms with Crippen LogP contribution < -0.4 is 25.4 Å². The molecule has 0 saturated carbocycles. The maximum absolute atomic E-state index is 12.4. The van der Waals surface area contributed by atoms with E-state index >= 15 is 0 Å². The van der Waals surface area contributed by atoms with Crippen LogP contribution >= 0.6 is 12.4 Å². The van der Waals surface area contributed by atoms with Crippen molar-refractivity contribution in [1.82, 2.24) is 10.6 Å². The van der Waals surface area contributed by atoms with Gasteiger partial charge in [0.15, 0.2) is 6.61 Å². The van der Waals surface area contributed by atoms with Crippen molar-refractivity contribution in [1.29, 1.82) is 0 Å². The summed E-state index contributed by atoms with van der Waals surface area (Å²) in [7, 11) is 1.57. The van der Waals surface area contributed by atoms with Gasteiger partial charge in [-0.25, -0.2) is 0 Å². The molecule has 1 fully saturated rings. The van der Waals surface area contributed by atoms with Crippen molar-refractivity contribution in [2.75, 3.05) is 32.1 Å². The van der Waals surface area contributed by atoms with E-state index in [-0.39, 0.29) is 36.9 Å². The maximum Gasteiger partial charge on any atom is 0.262 e. The van der Waals surface area contributed by atoms with Gasteiger partial charge in [-0.15, -0.1) is 12.4 Å². The molecule has 3 rings (SSSR count). The summed E-state index contributed by atoms with van der Waals surface area (Å²) in [5, 5.41) is 9.13. The van der Waals surface area contributed by atoms with Gasteiger partial charge in [-0.1, -0.05) is 13.0 Å². The molecule has 162 valence electrons. The summed E-state index contributed by atoms with van der Waals surface area (Å²) < 4.78 is 10.6. The van der Waals surface area contributed by atoms with Gasteiger partial charge in [-0.3, -0.25) is 9.59 Å². The van der Waals surface area contributed by atoms with Crippen LogP contribution in [0.4, 0.5) is 5.69 Å². The third kappa shape index (κ3) is 6.64. The van der Waals surface area contributed by atoms with E-state index in [4.69, 9.17) is 9.47 Å². The van der Waals surface area contributed by atoms with Crippen LogP contribution in [0.2, 0.25) is 0 Å². The van der Waals surface area contributed by atoms with Gasteiger partial charge in [-0.2, -0.15) is 0 Å². The van der Waals surface area contributed by atoms with Gasteiger partial charge < -0.3 is 25.4 Å². The van der Waals surface area contributed by atoms with Crippen molar-refractivity contribution in [2.24, 2.45) is 5.92 Å². The number of methoxy groups -OCH3 is 1. The van der Waals surface area contributed by atoms with Crippen LogP contribution in [0.25, 0.3) is 0 Å². The highest BCUT2D eigenvalue weighted by Gasteiger charge is 2.23. The first-order valence-electron chi connectivity index (χ1n) is 9.73. The average molecular weight is 434 g/mol. The maximum atomic E-state index is 12.4. The van der Waals surface area contributed by atoms with Crippen molar-refractivity contribution in [3.05, 3.63) is 54.1 Å². The lowest BCUT2D eigenvalue weighted by molar-refractivity contribution is -0.118. The van der Waals surface area contributed by atoms with Crippen molar-refractivity contribution in [2.45, 2.75) is 19.4 Å². The SMILES string of the molecule is COc1cccc(NC(=O)COc2ccc(C(=O)NC3CNCCC3C)cc2)c1.Cl. The van der Waals surface area contributed by atoms with Crippen LogP contribution in [0.3, 0.4) is 0 Å². The number of benzene rings is 2. The summed E-state index contributed by atoms with van der Waals surface area (Å²) in [6.07, 6.45) is 1.05. The molecule has 0 radical (unpaired) electrons. The van der Waals surface area contributed by atoms with Gasteiger partial charge in [0.25, 0.3) is 11.8 Å². The summed E-state index contributed by atoms with van der Waals surface area (Å²) in [6.45, 7) is 3.80. The molecule has 2 unspecified atom stereocenters. The molecule has 7 nitrogen and oxygen atoms in total. The molecule has 2 aromatic carbocycles. The Kier molecular flexibility index (Phi) is 8.95. The van der Waals surface area contributed by atoms with E-state index in [0.717, 1.165) is 19.5 Å². The summed E-state index contributed by atoms with van der Waals surface area (Å²) >= 11 is 0. The summed E-state index contributed by atoms with van der Waals surface area (Å²) in [4.78, 5) is 24.5. The van der Waals surface area contributed by atoms with Crippen molar-refractivity contribution in [3.63, 3.8) is 0 Å². The Balaban J connectivity index is 0.00000320. The molecule has 8 heteroatoms. The Hall–Kier alpha value is -2.77. The van der Waals surface area contributed by atoms with Gasteiger partial charge >= 0.3 is 0 Å². The first-order valence-corrected chi connectivity index (χ1v) is 9.73. The van der Waals surface area contributed by atoms with Gasteiger partial charge in [0, 0.05) is 29.9 Å². The fourth-order valence-electron chi connectivity index (χ4n) is 3.18. The summed E-state index contributed by atoms with van der Waals surface area (Å²) in [5.74, 6) is 1.25. The van der Waals surface area contributed by atoms with Crippen LogP contribution in [-0.4, -0.2) is 44.7 Å². The van der Waals surface area contributed by atoms with E-state index < -0.39 is 0 Å². The molecular formula is C22H28ClN3O4. The largest absolute Gasteiger partial charge is 0.497 e. The van der Waals surface area contributed by atoms with Crippen molar-refractivity contribution < 1.29 is 19.1 Å². The van der Waals surface area contributed by atoms with E-state index in [9.17, 15) is 9.59 Å². The van der Waals surface area contributed by atoms with E-state index in [1.54, 1.807) is 55.6 Å². The zero-order valence-corrected chi connectivity index (χ0v) is 18.0. The van der Waals surface area contributed by atoms with E-state index in [2.05, 4.69) is 22.9 Å². The zero-order valence-electron chi connectivity index (χ0n) is 17.1. The second-order valence-corrected chi connectivity index (χ2v) is 7.14. The lowest BCUT2D eigenvalue weighted by atomic mass is 9.94. The number of amides is 2. The molecule has 2 amide bonds. The summed E-state index contributed by atoms with van der Waals surface area (Å²) in [6, 6.07) is 14.0. The van der Waals surface area contributed by atoms with Crippen LogP contribution in [0, 0.1) is 5.92 Å². The molecule has 1 saturated heterocycles. The highest BCUT2D eigenvalue weighted by molar-refractivity contribution is 5.94. The Bertz CT molecular complexity index is 845. The predicted molar refractivity (Wildman–Crippen MR) is 119 cm³/mol. The van der Waals surface area contributed by atoms with E-state index in [1.165, 1.54) is 0 Å². The standard InChI is InChI=1S/C22H27N3O4.ClH/c1-15-10-11-23-13-20(15)25-22(27)16-6-8-18(9-7-16)29-14-21(26)24-17-4-3-5-19(12-17)28-2;/h3-9,12,15,20,23H,10-11,13-14H2,1-2H3,(H,24,26)(H,25,27);1H. The molecule has 30 heavy (non-hydrogen) atoms. The number of hydrogen-bond acceptors (Lipinski definition) is 5. The number of carbonyl (C=O) groups is 2. The second-order valence-electron chi connectivity index (χ2n) is 7.14. The predicted octanol–water partition coefficient (Wildman–Crippen LogP) is 2.86. The molecule has 1 aliphatic rings. The highest BCUT2D eigenvalue weighted by atomic mass is 35.5. The fourth-order valence-corrected chi connectivity index (χ4v) is 3.18. The minimum atomic E-state index is -0.279. The number of nitrogens with one attached hydrogen (secondary N) is 3. The smallest absolute Gasteiger partial charge is 0.262 e. The first kappa shape index (κ1) is 23.5. The summed E-state index contributed by atoms with van der Waals surface area (Å²) in [5.41, 5.74) is 1.20. The zero-order chi connectivity index (χ0) is 20.6. The molecule has 0 bridgehead atoms. The van der Waals surface area contributed by atoms with Crippen LogP contribution in [0.1, 0.15) is 23.7 Å². The lowest BCUT2D eigenvalue weighted by Gasteiger charge is -2.30. The quantitative estimate of drug-likeness (QED) is 0.624. The monoisotopic (exact) mass is 433 g/mol.